The van der Waals surface area contributed by atoms with Crippen LogP contribution in [0.15, 0.2) is 0 Å². The van der Waals surface area contributed by atoms with Crippen molar-refractivity contribution < 1.29 is 14.6 Å². The number of carboxylic acids is 1. The molecule has 1 aromatic rings. The molecule has 6 heteroatoms. The number of aromatic nitrogens is 1. The predicted octanol–water partition coefficient (Wildman–Crippen LogP) is 3.62. The van der Waals surface area contributed by atoms with Crippen LogP contribution < -0.4 is 10.1 Å². The van der Waals surface area contributed by atoms with Crippen LogP contribution in [0.25, 0.3) is 0 Å². The van der Waals surface area contributed by atoms with Crippen LogP contribution in [-0.2, 0) is 0 Å². The summed E-state index contributed by atoms with van der Waals surface area (Å²) in [4.78, 5) is 15.6. The van der Waals surface area contributed by atoms with Gasteiger partial charge in [0, 0.05) is 12.1 Å². The van der Waals surface area contributed by atoms with Crippen LogP contribution in [-0.4, -0.2) is 34.2 Å². The summed E-state index contributed by atoms with van der Waals surface area (Å²) in [5, 5.41) is 13.6. The van der Waals surface area contributed by atoms with E-state index in [0.29, 0.717) is 18.0 Å². The van der Waals surface area contributed by atoms with Gasteiger partial charge in [-0.15, -0.1) is 11.3 Å². The van der Waals surface area contributed by atoms with E-state index in [0.717, 1.165) is 43.5 Å². The summed E-state index contributed by atoms with van der Waals surface area (Å²) in [6.45, 7) is 6.24. The van der Waals surface area contributed by atoms with Crippen molar-refractivity contribution in [2.75, 3.05) is 0 Å². The summed E-state index contributed by atoms with van der Waals surface area (Å²) < 4.78 is 5.87. The second-order valence-electron chi connectivity index (χ2n) is 5.94. The van der Waals surface area contributed by atoms with Crippen molar-refractivity contribution in [3.8, 4) is 5.88 Å². The molecule has 22 heavy (non-hydrogen) atoms. The third-order valence-corrected chi connectivity index (χ3v) is 5.25. The Morgan fingerprint density at radius 3 is 2.55 bits per heavy atom. The van der Waals surface area contributed by atoms with Gasteiger partial charge in [-0.05, 0) is 45.4 Å². The summed E-state index contributed by atoms with van der Waals surface area (Å²) in [5.74, 6) is -0.656. The van der Waals surface area contributed by atoms with Crippen LogP contribution in [0.1, 0.15) is 67.1 Å². The normalized spacial score (nSPS) is 22.0. The molecule has 1 aromatic heterocycles. The quantitative estimate of drug-likeness (QED) is 0.801. The number of rotatable bonds is 7. The molecule has 5 nitrogen and oxygen atoms in total. The van der Waals surface area contributed by atoms with Gasteiger partial charge in [0.1, 0.15) is 6.10 Å². The Morgan fingerprint density at radius 2 is 2.00 bits per heavy atom. The smallest absolute Gasteiger partial charge is 0.351 e. The maximum absolute atomic E-state index is 11.2. The van der Waals surface area contributed by atoms with E-state index in [1.54, 1.807) is 6.92 Å². The number of carboxylic acid groups (broad SMARTS) is 1. The van der Waals surface area contributed by atoms with Gasteiger partial charge in [-0.1, -0.05) is 13.8 Å². The molecule has 0 bridgehead atoms. The fourth-order valence-electron chi connectivity index (χ4n) is 2.99. The Bertz CT molecular complexity index is 492. The molecule has 1 heterocycles. The van der Waals surface area contributed by atoms with Crippen molar-refractivity contribution in [1.29, 1.82) is 0 Å². The number of thiazole rings is 1. The highest BCUT2D eigenvalue weighted by Gasteiger charge is 2.26. The van der Waals surface area contributed by atoms with Crippen molar-refractivity contribution in [3.63, 3.8) is 0 Å². The molecule has 0 saturated heterocycles. The van der Waals surface area contributed by atoms with E-state index in [9.17, 15) is 9.90 Å². The molecule has 1 aliphatic rings. The van der Waals surface area contributed by atoms with Crippen LogP contribution in [0.2, 0.25) is 0 Å². The van der Waals surface area contributed by atoms with Crippen molar-refractivity contribution in [2.45, 2.75) is 77.5 Å². The number of carbonyl (C=O) groups is 1. The molecule has 1 saturated carbocycles. The van der Waals surface area contributed by atoms with Gasteiger partial charge in [0.25, 0.3) is 0 Å². The maximum Gasteiger partial charge on any atom is 0.351 e. The maximum atomic E-state index is 11.2. The average molecular weight is 326 g/mol. The molecule has 2 rings (SSSR count). The molecule has 1 fully saturated rings. The number of aromatic carboxylic acids is 1. The van der Waals surface area contributed by atoms with Gasteiger partial charge >= 0.3 is 5.97 Å². The lowest BCUT2D eigenvalue weighted by Gasteiger charge is -2.31. The number of hydrogen-bond acceptors (Lipinski definition) is 5. The van der Waals surface area contributed by atoms with Crippen LogP contribution in [0.5, 0.6) is 5.88 Å². The van der Waals surface area contributed by atoms with Crippen molar-refractivity contribution in [1.82, 2.24) is 10.3 Å². The van der Waals surface area contributed by atoms with E-state index in [4.69, 9.17) is 4.74 Å². The minimum atomic E-state index is -0.954. The second kappa shape index (κ2) is 7.92. The number of ether oxygens (including phenoxy) is 1. The minimum absolute atomic E-state index is 0.0827. The van der Waals surface area contributed by atoms with E-state index in [1.807, 2.05) is 0 Å². The average Bonchev–Trinajstić information content (AvgIpc) is 2.87. The van der Waals surface area contributed by atoms with Crippen LogP contribution in [0, 0.1) is 6.92 Å². The van der Waals surface area contributed by atoms with Gasteiger partial charge < -0.3 is 15.2 Å². The zero-order valence-electron chi connectivity index (χ0n) is 13.6. The molecule has 0 spiro atoms. The molecule has 2 N–H and O–H groups in total. The van der Waals surface area contributed by atoms with E-state index in [2.05, 4.69) is 24.1 Å². The summed E-state index contributed by atoms with van der Waals surface area (Å²) in [6.07, 6.45) is 6.46. The topological polar surface area (TPSA) is 71.5 Å². The summed E-state index contributed by atoms with van der Waals surface area (Å²) in [7, 11) is 0. The number of nitrogens with one attached hydrogen (secondary N) is 1. The van der Waals surface area contributed by atoms with E-state index in [-0.39, 0.29) is 11.0 Å². The predicted molar refractivity (Wildman–Crippen MR) is 88.0 cm³/mol. The first-order valence-electron chi connectivity index (χ1n) is 8.16. The Morgan fingerprint density at radius 1 is 1.36 bits per heavy atom. The van der Waals surface area contributed by atoms with Crippen LogP contribution >= 0.6 is 11.3 Å². The number of hydrogen-bond donors (Lipinski definition) is 2. The van der Waals surface area contributed by atoms with Gasteiger partial charge in [-0.3, -0.25) is 0 Å². The molecule has 0 atom stereocenters. The Hall–Kier alpha value is -1.14. The standard InChI is InChI=1S/C16H26N2O3S/c1-4-11(5-2)18-12-6-8-13(9-7-12)21-15-14(16(19)20)22-10(3)17-15/h11-13,18H,4-9H2,1-3H3,(H,19,20). The number of aryl methyl sites for hydroxylation is 1. The zero-order valence-corrected chi connectivity index (χ0v) is 14.4. The monoisotopic (exact) mass is 326 g/mol. The molecule has 0 unspecified atom stereocenters. The zero-order chi connectivity index (χ0) is 16.1. The van der Waals surface area contributed by atoms with Crippen molar-refractivity contribution >= 4 is 17.3 Å². The Balaban J connectivity index is 1.86. The molecular weight excluding hydrogens is 300 g/mol. The lowest BCUT2D eigenvalue weighted by Crippen LogP contribution is -2.41. The first-order valence-corrected chi connectivity index (χ1v) is 8.98. The molecule has 0 radical (unpaired) electrons. The fourth-order valence-corrected chi connectivity index (χ4v) is 3.68. The second-order valence-corrected chi connectivity index (χ2v) is 7.15. The summed E-state index contributed by atoms with van der Waals surface area (Å²) >= 11 is 1.18. The molecular formula is C16H26N2O3S. The van der Waals surface area contributed by atoms with Crippen molar-refractivity contribution in [2.24, 2.45) is 0 Å². The van der Waals surface area contributed by atoms with Crippen LogP contribution in [0.3, 0.4) is 0 Å². The van der Waals surface area contributed by atoms with Crippen LogP contribution in [0.4, 0.5) is 0 Å². The highest BCUT2D eigenvalue weighted by atomic mass is 32.1. The van der Waals surface area contributed by atoms with Crippen molar-refractivity contribution in [3.05, 3.63) is 9.88 Å². The first kappa shape index (κ1) is 17.2. The fraction of sp³-hybridized carbons (Fsp3) is 0.750. The molecule has 0 amide bonds. The lowest BCUT2D eigenvalue weighted by atomic mass is 9.92. The first-order chi connectivity index (χ1) is 10.5. The Kier molecular flexibility index (Phi) is 6.20. The van der Waals surface area contributed by atoms with Gasteiger partial charge in [0.05, 0.1) is 5.01 Å². The third kappa shape index (κ3) is 4.43. The molecule has 0 aromatic carbocycles. The summed E-state index contributed by atoms with van der Waals surface area (Å²) in [5.41, 5.74) is 0. The van der Waals surface area contributed by atoms with E-state index in [1.165, 1.54) is 11.3 Å². The largest absolute Gasteiger partial charge is 0.477 e. The third-order valence-electron chi connectivity index (χ3n) is 4.31. The van der Waals surface area contributed by atoms with E-state index < -0.39 is 5.97 Å². The van der Waals surface area contributed by atoms with Gasteiger partial charge in [-0.2, -0.15) is 0 Å². The highest BCUT2D eigenvalue weighted by Crippen LogP contribution is 2.29. The highest BCUT2D eigenvalue weighted by molar-refractivity contribution is 7.13. The van der Waals surface area contributed by atoms with Gasteiger partial charge in [0.2, 0.25) is 5.88 Å². The minimum Gasteiger partial charge on any atom is -0.477 e. The van der Waals surface area contributed by atoms with Gasteiger partial charge in [-0.25, -0.2) is 9.78 Å². The van der Waals surface area contributed by atoms with Gasteiger partial charge in [0.15, 0.2) is 4.88 Å². The lowest BCUT2D eigenvalue weighted by molar-refractivity contribution is 0.0689. The SMILES string of the molecule is CCC(CC)NC1CCC(Oc2nc(C)sc2C(=O)O)CC1. The molecule has 1 aliphatic carbocycles. The summed E-state index contributed by atoms with van der Waals surface area (Å²) in [6, 6.07) is 1.16. The Labute approximate surface area is 136 Å². The van der Waals surface area contributed by atoms with E-state index >= 15 is 0 Å². The molecule has 124 valence electrons. The molecule has 0 aliphatic heterocycles. The number of nitrogens with zero attached hydrogens (tertiary/aromatic N) is 1.